The lowest BCUT2D eigenvalue weighted by Crippen LogP contribution is -2.15. The highest BCUT2D eigenvalue weighted by Gasteiger charge is 2.07. The number of unbranched alkanes of at least 4 members (excludes halogenated alkanes) is 2. The van der Waals surface area contributed by atoms with Crippen molar-refractivity contribution < 1.29 is 0 Å². The van der Waals surface area contributed by atoms with Crippen LogP contribution in [0.1, 0.15) is 58.3 Å². The minimum absolute atomic E-state index is 0.346. The summed E-state index contributed by atoms with van der Waals surface area (Å²) in [4.78, 5) is 0. The average Bonchev–Trinajstić information content (AvgIpc) is 2.31. The summed E-state index contributed by atoms with van der Waals surface area (Å²) >= 11 is 0. The van der Waals surface area contributed by atoms with Crippen LogP contribution in [-0.4, -0.2) is 6.04 Å². The Morgan fingerprint density at radius 1 is 1.38 bits per heavy atom. The molecule has 0 aliphatic heterocycles. The van der Waals surface area contributed by atoms with E-state index in [1.165, 1.54) is 51.4 Å². The van der Waals surface area contributed by atoms with Gasteiger partial charge in [-0.05, 0) is 32.1 Å². The third kappa shape index (κ3) is 4.47. The second-order valence-corrected chi connectivity index (χ2v) is 4.19. The third-order valence-electron chi connectivity index (χ3n) is 2.84. The molecule has 1 nitrogen and oxygen atoms in total. The van der Waals surface area contributed by atoms with Gasteiger partial charge in [0.05, 0.1) is 0 Å². The van der Waals surface area contributed by atoms with Crippen LogP contribution in [0, 0.1) is 0 Å². The molecule has 13 heavy (non-hydrogen) atoms. The molecule has 0 radical (unpaired) electrons. The first-order chi connectivity index (χ1) is 6.33. The maximum atomic E-state index is 5.95. The second-order valence-electron chi connectivity index (χ2n) is 4.19. The third-order valence-corrected chi connectivity index (χ3v) is 2.84. The molecular formula is C12H23N. The van der Waals surface area contributed by atoms with Gasteiger partial charge in [-0.1, -0.05) is 37.8 Å². The average molecular weight is 181 g/mol. The van der Waals surface area contributed by atoms with Crippen LogP contribution in [0.3, 0.4) is 0 Å². The van der Waals surface area contributed by atoms with Crippen molar-refractivity contribution in [1.82, 2.24) is 0 Å². The highest BCUT2D eigenvalue weighted by molar-refractivity contribution is 5.08. The zero-order chi connectivity index (χ0) is 9.52. The molecular weight excluding hydrogens is 158 g/mol. The Balaban J connectivity index is 2.28. The largest absolute Gasteiger partial charge is 0.324 e. The number of hydrogen-bond acceptors (Lipinski definition) is 1. The molecule has 76 valence electrons. The van der Waals surface area contributed by atoms with Gasteiger partial charge < -0.3 is 5.73 Å². The van der Waals surface area contributed by atoms with Gasteiger partial charge in [0, 0.05) is 6.04 Å². The van der Waals surface area contributed by atoms with Crippen molar-refractivity contribution in [3.63, 3.8) is 0 Å². The van der Waals surface area contributed by atoms with E-state index < -0.39 is 0 Å². The number of rotatable bonds is 4. The van der Waals surface area contributed by atoms with Gasteiger partial charge in [-0.2, -0.15) is 0 Å². The van der Waals surface area contributed by atoms with E-state index in [4.69, 9.17) is 5.73 Å². The van der Waals surface area contributed by atoms with Gasteiger partial charge in [-0.3, -0.25) is 0 Å². The van der Waals surface area contributed by atoms with Gasteiger partial charge >= 0.3 is 0 Å². The molecule has 0 aromatic rings. The van der Waals surface area contributed by atoms with Gasteiger partial charge in [0.25, 0.3) is 0 Å². The Bertz CT molecular complexity index is 161. The highest BCUT2D eigenvalue weighted by atomic mass is 14.6. The molecule has 0 amide bonds. The van der Waals surface area contributed by atoms with Crippen LogP contribution in [0.5, 0.6) is 0 Å². The number of hydrogen-bond donors (Lipinski definition) is 1. The van der Waals surface area contributed by atoms with E-state index in [9.17, 15) is 0 Å². The molecule has 0 heterocycles. The van der Waals surface area contributed by atoms with Crippen LogP contribution in [0.15, 0.2) is 11.6 Å². The van der Waals surface area contributed by atoms with E-state index in [1.54, 1.807) is 5.57 Å². The Morgan fingerprint density at radius 2 is 2.23 bits per heavy atom. The molecule has 1 aliphatic carbocycles. The van der Waals surface area contributed by atoms with Crippen LogP contribution < -0.4 is 5.73 Å². The molecule has 0 aromatic heterocycles. The van der Waals surface area contributed by atoms with E-state index in [1.807, 2.05) is 0 Å². The summed E-state index contributed by atoms with van der Waals surface area (Å²) < 4.78 is 0. The Labute approximate surface area is 82.4 Å². The van der Waals surface area contributed by atoms with E-state index >= 15 is 0 Å². The predicted molar refractivity (Wildman–Crippen MR) is 58.7 cm³/mol. The van der Waals surface area contributed by atoms with Crippen molar-refractivity contribution in [2.45, 2.75) is 64.3 Å². The number of allylic oxidation sites excluding steroid dienone is 1. The first kappa shape index (κ1) is 10.8. The van der Waals surface area contributed by atoms with Crippen molar-refractivity contribution in [1.29, 1.82) is 0 Å². The minimum Gasteiger partial charge on any atom is -0.324 e. The van der Waals surface area contributed by atoms with Crippen molar-refractivity contribution in [3.05, 3.63) is 11.6 Å². The molecule has 0 fully saturated rings. The fraction of sp³-hybridized carbons (Fsp3) is 0.833. The zero-order valence-electron chi connectivity index (χ0n) is 8.89. The lowest BCUT2D eigenvalue weighted by atomic mass is 10.0. The normalized spacial score (nSPS) is 23.8. The summed E-state index contributed by atoms with van der Waals surface area (Å²) in [5, 5.41) is 0. The van der Waals surface area contributed by atoms with Gasteiger partial charge in [-0.25, -0.2) is 0 Å². The lowest BCUT2D eigenvalue weighted by molar-refractivity contribution is 0.648. The first-order valence-electron chi connectivity index (χ1n) is 5.78. The van der Waals surface area contributed by atoms with Crippen LogP contribution in [0.4, 0.5) is 0 Å². The predicted octanol–water partition coefficient (Wildman–Crippen LogP) is 3.39. The molecule has 1 rings (SSSR count). The van der Waals surface area contributed by atoms with Crippen LogP contribution in [0.2, 0.25) is 0 Å². The standard InChI is InChI=1S/C12H23N/c1-2-3-4-7-11-8-5-6-9-12(13)10-11/h10,12H,2-9,13H2,1H3. The number of nitrogens with two attached hydrogens (primary N) is 1. The monoisotopic (exact) mass is 181 g/mol. The smallest absolute Gasteiger partial charge is 0.0226 e. The van der Waals surface area contributed by atoms with Gasteiger partial charge in [0.2, 0.25) is 0 Å². The van der Waals surface area contributed by atoms with E-state index in [0.29, 0.717) is 6.04 Å². The Hall–Kier alpha value is -0.300. The van der Waals surface area contributed by atoms with Crippen molar-refractivity contribution >= 4 is 0 Å². The van der Waals surface area contributed by atoms with Gasteiger partial charge in [-0.15, -0.1) is 0 Å². The molecule has 0 saturated carbocycles. The van der Waals surface area contributed by atoms with E-state index in [2.05, 4.69) is 13.0 Å². The molecule has 1 unspecified atom stereocenters. The summed E-state index contributed by atoms with van der Waals surface area (Å²) in [6, 6.07) is 0.346. The second kappa shape index (κ2) is 6.20. The van der Waals surface area contributed by atoms with Crippen molar-refractivity contribution in [2.75, 3.05) is 0 Å². The molecule has 1 atom stereocenters. The summed E-state index contributed by atoms with van der Waals surface area (Å²) in [5.74, 6) is 0. The molecule has 0 spiro atoms. The van der Waals surface area contributed by atoms with E-state index in [-0.39, 0.29) is 0 Å². The fourth-order valence-corrected chi connectivity index (χ4v) is 2.01. The summed E-state index contributed by atoms with van der Waals surface area (Å²) in [7, 11) is 0. The zero-order valence-corrected chi connectivity index (χ0v) is 8.89. The Kier molecular flexibility index (Phi) is 5.14. The topological polar surface area (TPSA) is 26.0 Å². The van der Waals surface area contributed by atoms with Crippen molar-refractivity contribution in [3.8, 4) is 0 Å². The van der Waals surface area contributed by atoms with Gasteiger partial charge in [0.1, 0.15) is 0 Å². The first-order valence-corrected chi connectivity index (χ1v) is 5.78. The van der Waals surface area contributed by atoms with Crippen LogP contribution >= 0.6 is 0 Å². The molecule has 1 heteroatoms. The minimum atomic E-state index is 0.346. The molecule has 0 aromatic carbocycles. The SMILES string of the molecule is CCCCCC1=CC(N)CCCC1. The van der Waals surface area contributed by atoms with Crippen LogP contribution in [0.25, 0.3) is 0 Å². The molecule has 0 bridgehead atoms. The fourth-order valence-electron chi connectivity index (χ4n) is 2.01. The highest BCUT2D eigenvalue weighted by Crippen LogP contribution is 2.21. The molecule has 1 aliphatic rings. The summed E-state index contributed by atoms with van der Waals surface area (Å²) in [6.45, 7) is 2.26. The van der Waals surface area contributed by atoms with Gasteiger partial charge in [0.15, 0.2) is 0 Å². The molecule has 2 N–H and O–H groups in total. The Morgan fingerprint density at radius 3 is 3.00 bits per heavy atom. The molecule has 0 saturated heterocycles. The van der Waals surface area contributed by atoms with Crippen LogP contribution in [-0.2, 0) is 0 Å². The van der Waals surface area contributed by atoms with Crippen molar-refractivity contribution in [2.24, 2.45) is 5.73 Å². The maximum Gasteiger partial charge on any atom is 0.0226 e. The summed E-state index contributed by atoms with van der Waals surface area (Å²) in [6.07, 6.45) is 12.8. The lowest BCUT2D eigenvalue weighted by Gasteiger charge is -2.05. The quantitative estimate of drug-likeness (QED) is 0.522. The summed E-state index contributed by atoms with van der Waals surface area (Å²) in [5.41, 5.74) is 7.58. The van der Waals surface area contributed by atoms with E-state index in [0.717, 1.165) is 0 Å². The maximum absolute atomic E-state index is 5.95.